The molecule has 0 aliphatic heterocycles. The van der Waals surface area contributed by atoms with Crippen molar-refractivity contribution >= 4 is 16.2 Å². The number of sulfonamides is 1. The second-order valence-electron chi connectivity index (χ2n) is 5.33. The first-order valence-corrected chi connectivity index (χ1v) is 8.33. The minimum Gasteiger partial charge on any atom is -0.272 e. The van der Waals surface area contributed by atoms with Crippen LogP contribution >= 0.6 is 0 Å². The Labute approximate surface area is 130 Å². The van der Waals surface area contributed by atoms with Gasteiger partial charge >= 0.3 is 0 Å². The quantitative estimate of drug-likeness (QED) is 0.691. The van der Waals surface area contributed by atoms with E-state index in [0.717, 1.165) is 22.5 Å². The van der Waals surface area contributed by atoms with Gasteiger partial charge in [-0.15, -0.1) is 0 Å². The van der Waals surface area contributed by atoms with Crippen molar-refractivity contribution in [3.8, 4) is 0 Å². The van der Waals surface area contributed by atoms with Crippen LogP contribution in [0.25, 0.3) is 0 Å². The lowest BCUT2D eigenvalue weighted by Crippen LogP contribution is -2.19. The molecule has 0 unspecified atom stereocenters. The average Bonchev–Trinajstić information content (AvgIpc) is 2.67. The van der Waals surface area contributed by atoms with Crippen molar-refractivity contribution in [3.05, 3.63) is 46.3 Å². The van der Waals surface area contributed by atoms with Gasteiger partial charge in [-0.25, -0.2) is 4.83 Å². The van der Waals surface area contributed by atoms with E-state index in [1.165, 1.54) is 6.21 Å². The van der Waals surface area contributed by atoms with Crippen molar-refractivity contribution in [2.45, 2.75) is 32.6 Å². The standard InChI is InChI=1S/C15H20N4O2S/c1-10-6-7-11(2)15(8-10)22(20,21)18-16-9-14-12(3)17-19(5)13(14)4/h6-9,18H,1-5H3/b16-9+. The number of benzene rings is 1. The van der Waals surface area contributed by atoms with E-state index in [-0.39, 0.29) is 4.90 Å². The molecule has 1 aromatic heterocycles. The number of hydrogen-bond donors (Lipinski definition) is 1. The summed E-state index contributed by atoms with van der Waals surface area (Å²) in [7, 11) is -1.84. The molecule has 0 aliphatic rings. The van der Waals surface area contributed by atoms with E-state index >= 15 is 0 Å². The minimum atomic E-state index is -3.68. The molecule has 0 fully saturated rings. The first-order chi connectivity index (χ1) is 10.2. The van der Waals surface area contributed by atoms with Crippen molar-refractivity contribution < 1.29 is 8.42 Å². The Balaban J connectivity index is 2.26. The van der Waals surface area contributed by atoms with Gasteiger partial charge in [-0.3, -0.25) is 4.68 Å². The highest BCUT2D eigenvalue weighted by Crippen LogP contribution is 2.16. The van der Waals surface area contributed by atoms with Crippen LogP contribution in [0.4, 0.5) is 0 Å². The summed E-state index contributed by atoms with van der Waals surface area (Å²) < 4.78 is 26.4. The third-order valence-electron chi connectivity index (χ3n) is 3.56. The normalized spacial score (nSPS) is 12.0. The van der Waals surface area contributed by atoms with Crippen LogP contribution < -0.4 is 4.83 Å². The van der Waals surface area contributed by atoms with Gasteiger partial charge < -0.3 is 0 Å². The molecule has 0 saturated carbocycles. The summed E-state index contributed by atoms with van der Waals surface area (Å²) >= 11 is 0. The molecular formula is C15H20N4O2S. The predicted molar refractivity (Wildman–Crippen MR) is 86.5 cm³/mol. The van der Waals surface area contributed by atoms with Crippen LogP contribution in [0.3, 0.4) is 0 Å². The Bertz CT molecular complexity index is 835. The summed E-state index contributed by atoms with van der Waals surface area (Å²) in [4.78, 5) is 2.50. The molecule has 0 atom stereocenters. The Kier molecular flexibility index (Phi) is 4.37. The zero-order chi connectivity index (χ0) is 16.5. The molecule has 0 aliphatic carbocycles. The second kappa shape index (κ2) is 5.92. The number of nitrogens with one attached hydrogen (secondary N) is 1. The first-order valence-electron chi connectivity index (χ1n) is 6.84. The molecular weight excluding hydrogens is 300 g/mol. The van der Waals surface area contributed by atoms with Crippen molar-refractivity contribution in [3.63, 3.8) is 0 Å². The van der Waals surface area contributed by atoms with Gasteiger partial charge in [-0.2, -0.15) is 18.6 Å². The minimum absolute atomic E-state index is 0.240. The highest BCUT2D eigenvalue weighted by molar-refractivity contribution is 7.89. The van der Waals surface area contributed by atoms with Gasteiger partial charge in [-0.1, -0.05) is 12.1 Å². The molecule has 6 nitrogen and oxygen atoms in total. The Morgan fingerprint density at radius 3 is 2.50 bits per heavy atom. The molecule has 0 bridgehead atoms. The van der Waals surface area contributed by atoms with Crippen molar-refractivity contribution in [1.82, 2.24) is 14.6 Å². The monoisotopic (exact) mass is 320 g/mol. The Morgan fingerprint density at radius 2 is 1.91 bits per heavy atom. The van der Waals surface area contributed by atoms with E-state index in [9.17, 15) is 8.42 Å². The van der Waals surface area contributed by atoms with Crippen molar-refractivity contribution in [1.29, 1.82) is 0 Å². The van der Waals surface area contributed by atoms with Crippen molar-refractivity contribution in [2.75, 3.05) is 0 Å². The third kappa shape index (κ3) is 3.19. The number of rotatable bonds is 4. The number of hydrogen-bond acceptors (Lipinski definition) is 4. The van der Waals surface area contributed by atoms with Crippen LogP contribution in [0.5, 0.6) is 0 Å². The van der Waals surface area contributed by atoms with Gasteiger partial charge in [0.25, 0.3) is 10.0 Å². The Morgan fingerprint density at radius 1 is 1.23 bits per heavy atom. The van der Waals surface area contributed by atoms with E-state index in [4.69, 9.17) is 0 Å². The van der Waals surface area contributed by atoms with Gasteiger partial charge in [-0.05, 0) is 44.9 Å². The summed E-state index contributed by atoms with van der Waals surface area (Å²) in [6, 6.07) is 5.29. The molecule has 22 heavy (non-hydrogen) atoms. The number of aryl methyl sites for hydroxylation is 4. The van der Waals surface area contributed by atoms with Gasteiger partial charge in [0.15, 0.2) is 0 Å². The lowest BCUT2D eigenvalue weighted by molar-refractivity contribution is 0.584. The number of aromatic nitrogens is 2. The fraction of sp³-hybridized carbons (Fsp3) is 0.333. The largest absolute Gasteiger partial charge is 0.276 e. The summed E-state index contributed by atoms with van der Waals surface area (Å²) in [5.74, 6) is 0. The topological polar surface area (TPSA) is 76.3 Å². The maximum atomic E-state index is 12.3. The van der Waals surface area contributed by atoms with Crippen LogP contribution in [0.1, 0.15) is 28.1 Å². The number of nitrogens with zero attached hydrogens (tertiary/aromatic N) is 3. The van der Waals surface area contributed by atoms with Crippen LogP contribution in [-0.4, -0.2) is 24.4 Å². The molecule has 2 rings (SSSR count). The second-order valence-corrected chi connectivity index (χ2v) is 6.96. The average molecular weight is 320 g/mol. The van der Waals surface area contributed by atoms with Crippen LogP contribution in [0, 0.1) is 27.7 Å². The molecule has 0 radical (unpaired) electrons. The van der Waals surface area contributed by atoms with Crippen molar-refractivity contribution in [2.24, 2.45) is 12.1 Å². The molecule has 7 heteroatoms. The maximum Gasteiger partial charge on any atom is 0.276 e. The molecule has 1 heterocycles. The molecule has 2 aromatic rings. The highest BCUT2D eigenvalue weighted by atomic mass is 32.2. The van der Waals surface area contributed by atoms with E-state index in [1.807, 2.05) is 33.9 Å². The van der Waals surface area contributed by atoms with E-state index < -0.39 is 10.0 Å². The smallest absolute Gasteiger partial charge is 0.272 e. The SMILES string of the molecule is Cc1ccc(C)c(S(=O)(=O)N/N=C/c2c(C)nn(C)c2C)c1. The lowest BCUT2D eigenvalue weighted by Gasteiger charge is -2.07. The zero-order valence-electron chi connectivity index (χ0n) is 13.4. The van der Waals surface area contributed by atoms with Crippen LogP contribution in [0.2, 0.25) is 0 Å². The van der Waals surface area contributed by atoms with Gasteiger partial charge in [0.2, 0.25) is 0 Å². The maximum absolute atomic E-state index is 12.3. The van der Waals surface area contributed by atoms with Crippen LogP contribution in [0.15, 0.2) is 28.2 Å². The predicted octanol–water partition coefficient (Wildman–Crippen LogP) is 1.97. The van der Waals surface area contributed by atoms with Gasteiger partial charge in [0, 0.05) is 18.3 Å². The molecule has 0 amide bonds. The molecule has 1 N–H and O–H groups in total. The third-order valence-corrected chi connectivity index (χ3v) is 4.93. The van der Waals surface area contributed by atoms with E-state index in [2.05, 4.69) is 15.0 Å². The summed E-state index contributed by atoms with van der Waals surface area (Å²) in [5, 5.41) is 8.14. The molecule has 0 saturated heterocycles. The molecule has 1 aromatic carbocycles. The fourth-order valence-electron chi connectivity index (χ4n) is 2.18. The summed E-state index contributed by atoms with van der Waals surface area (Å²) in [5.41, 5.74) is 4.10. The van der Waals surface area contributed by atoms with E-state index in [0.29, 0.717) is 5.56 Å². The van der Waals surface area contributed by atoms with Gasteiger partial charge in [0.05, 0.1) is 16.8 Å². The summed E-state index contributed by atoms with van der Waals surface area (Å²) in [6.07, 6.45) is 1.49. The first kappa shape index (κ1) is 16.2. The lowest BCUT2D eigenvalue weighted by atomic mass is 10.2. The summed E-state index contributed by atoms with van der Waals surface area (Å²) in [6.45, 7) is 7.37. The molecule has 0 spiro atoms. The van der Waals surface area contributed by atoms with Crippen LogP contribution in [-0.2, 0) is 17.1 Å². The zero-order valence-corrected chi connectivity index (χ0v) is 14.2. The molecule has 118 valence electrons. The fourth-order valence-corrected chi connectivity index (χ4v) is 3.31. The number of hydrazone groups is 1. The Hall–Kier alpha value is -2.15. The van der Waals surface area contributed by atoms with Gasteiger partial charge in [0.1, 0.15) is 0 Å². The highest BCUT2D eigenvalue weighted by Gasteiger charge is 2.16. The van der Waals surface area contributed by atoms with E-state index in [1.54, 1.807) is 23.7 Å².